The molecule has 1 aliphatic heterocycles. The second kappa shape index (κ2) is 9.27. The summed E-state index contributed by atoms with van der Waals surface area (Å²) in [5.74, 6) is -0.383. The second-order valence-electron chi connectivity index (χ2n) is 12.1. The van der Waals surface area contributed by atoms with E-state index in [9.17, 15) is 14.0 Å². The highest BCUT2D eigenvalue weighted by Gasteiger charge is 2.51. The van der Waals surface area contributed by atoms with Crippen molar-refractivity contribution in [2.75, 3.05) is 13.1 Å². The van der Waals surface area contributed by atoms with Crippen LogP contribution in [0.5, 0.6) is 0 Å². The van der Waals surface area contributed by atoms with E-state index in [4.69, 9.17) is 9.72 Å². The maximum Gasteiger partial charge on any atom is 0.410 e. The number of aromatic nitrogens is 3. The minimum absolute atomic E-state index is 0.0714. The maximum absolute atomic E-state index is 14.3. The molecular formula is C28H33FN4O3SSi. The largest absolute Gasteiger partial charge is 0.444 e. The van der Waals surface area contributed by atoms with E-state index in [-0.39, 0.29) is 18.1 Å². The Labute approximate surface area is 227 Å². The molecule has 38 heavy (non-hydrogen) atoms. The third-order valence-corrected chi connectivity index (χ3v) is 11.2. The molecular weight excluding hydrogens is 519 g/mol. The van der Waals surface area contributed by atoms with Crippen molar-refractivity contribution in [3.8, 4) is 5.69 Å². The fourth-order valence-corrected chi connectivity index (χ4v) is 7.67. The van der Waals surface area contributed by atoms with Gasteiger partial charge in [-0.2, -0.15) is 5.10 Å². The number of hydrogen-bond donors (Lipinski definition) is 0. The Morgan fingerprint density at radius 1 is 1.16 bits per heavy atom. The lowest BCUT2D eigenvalue weighted by molar-refractivity contribution is 0.0138. The zero-order valence-electron chi connectivity index (χ0n) is 22.7. The van der Waals surface area contributed by atoms with Gasteiger partial charge >= 0.3 is 6.09 Å². The number of benzene rings is 1. The normalized spacial score (nSPS) is 19.4. The van der Waals surface area contributed by atoms with Gasteiger partial charge in [0.2, 0.25) is 0 Å². The molecule has 0 bridgehead atoms. The summed E-state index contributed by atoms with van der Waals surface area (Å²) in [6, 6.07) is 6.19. The molecule has 2 aromatic heterocycles. The van der Waals surface area contributed by atoms with Crippen molar-refractivity contribution in [2.24, 2.45) is 5.41 Å². The number of rotatable bonds is 4. The van der Waals surface area contributed by atoms with Crippen LogP contribution in [-0.2, 0) is 11.2 Å². The van der Waals surface area contributed by atoms with E-state index >= 15 is 0 Å². The van der Waals surface area contributed by atoms with Crippen LogP contribution in [0.1, 0.15) is 48.9 Å². The summed E-state index contributed by atoms with van der Waals surface area (Å²) in [4.78, 5) is 33.9. The van der Waals surface area contributed by atoms with E-state index in [0.29, 0.717) is 25.1 Å². The molecule has 1 unspecified atom stereocenters. The number of ketones is 1. The smallest absolute Gasteiger partial charge is 0.410 e. The van der Waals surface area contributed by atoms with E-state index in [0.717, 1.165) is 27.1 Å². The Balaban J connectivity index is 1.57. The molecule has 1 aliphatic carbocycles. The highest BCUT2D eigenvalue weighted by Crippen LogP contribution is 2.46. The van der Waals surface area contributed by atoms with E-state index in [2.05, 4.69) is 24.7 Å². The molecule has 1 aromatic carbocycles. The van der Waals surface area contributed by atoms with Crippen molar-refractivity contribution < 1.29 is 18.7 Å². The number of Topliss-reactive ketones (excluding diaryl/α,β-unsaturated/α-hetero) is 1. The number of carbonyl (C=O) groups excluding carboxylic acids is 2. The summed E-state index contributed by atoms with van der Waals surface area (Å²) < 4.78 is 22.0. The van der Waals surface area contributed by atoms with Crippen LogP contribution in [0.4, 0.5) is 9.18 Å². The van der Waals surface area contributed by atoms with Crippen LogP contribution >= 0.6 is 11.3 Å². The summed E-state index contributed by atoms with van der Waals surface area (Å²) >= 11 is 1.55. The van der Waals surface area contributed by atoms with E-state index in [1.54, 1.807) is 39.2 Å². The number of nitrogens with zero attached hydrogens (tertiary/aromatic N) is 4. The standard InChI is InChI=1S/C28H33FN4O3SSi/c1-27(2,3)36-26(35)32-12-11-19-13-23-18(15-30-33(23)21-9-7-20(29)8-10-21)14-28(19,17-32)24(34)22-16-37-25(31-22)38(4,5)6/h7-10,13,15-16H,11-12,14,17H2,1-6H3. The van der Waals surface area contributed by atoms with Gasteiger partial charge in [0.1, 0.15) is 25.2 Å². The van der Waals surface area contributed by atoms with Gasteiger partial charge in [-0.05, 0) is 69.5 Å². The van der Waals surface area contributed by atoms with Gasteiger partial charge in [-0.1, -0.05) is 25.2 Å². The van der Waals surface area contributed by atoms with Gasteiger partial charge in [0.15, 0.2) is 5.78 Å². The molecule has 200 valence electrons. The molecule has 0 N–H and O–H groups in total. The van der Waals surface area contributed by atoms with Gasteiger partial charge in [-0.3, -0.25) is 4.79 Å². The lowest BCUT2D eigenvalue weighted by Crippen LogP contribution is -2.54. The van der Waals surface area contributed by atoms with Crippen LogP contribution in [-0.4, -0.2) is 58.3 Å². The van der Waals surface area contributed by atoms with Gasteiger partial charge in [0, 0.05) is 18.5 Å². The van der Waals surface area contributed by atoms with Gasteiger partial charge in [-0.25, -0.2) is 18.9 Å². The average molecular weight is 553 g/mol. The van der Waals surface area contributed by atoms with Crippen molar-refractivity contribution in [3.63, 3.8) is 0 Å². The molecule has 0 saturated carbocycles. The van der Waals surface area contributed by atoms with Gasteiger partial charge in [0.05, 0.1) is 27.6 Å². The summed E-state index contributed by atoms with van der Waals surface area (Å²) in [6.45, 7) is 12.8. The van der Waals surface area contributed by atoms with Crippen LogP contribution in [0, 0.1) is 11.2 Å². The minimum atomic E-state index is -1.69. The first-order valence-corrected chi connectivity index (χ1v) is 17.2. The van der Waals surface area contributed by atoms with Crippen LogP contribution in [0.2, 0.25) is 19.6 Å². The number of halogens is 1. The predicted octanol–water partition coefficient (Wildman–Crippen LogP) is 5.46. The van der Waals surface area contributed by atoms with Crippen molar-refractivity contribution in [1.82, 2.24) is 19.7 Å². The molecule has 0 spiro atoms. The first-order valence-electron chi connectivity index (χ1n) is 12.8. The molecule has 1 saturated heterocycles. The second-order valence-corrected chi connectivity index (χ2v) is 18.3. The van der Waals surface area contributed by atoms with Gasteiger partial charge in [0.25, 0.3) is 0 Å². The molecule has 2 aliphatic rings. The van der Waals surface area contributed by atoms with Crippen molar-refractivity contribution >= 4 is 42.0 Å². The van der Waals surface area contributed by atoms with Crippen LogP contribution in [0.15, 0.2) is 41.4 Å². The number of ether oxygens (including phenoxy) is 1. The minimum Gasteiger partial charge on any atom is -0.444 e. The highest BCUT2D eigenvalue weighted by atomic mass is 32.1. The first-order chi connectivity index (χ1) is 17.8. The molecule has 3 heterocycles. The van der Waals surface area contributed by atoms with Crippen LogP contribution in [0.3, 0.4) is 0 Å². The Morgan fingerprint density at radius 3 is 2.50 bits per heavy atom. The molecule has 7 nitrogen and oxygen atoms in total. The summed E-state index contributed by atoms with van der Waals surface area (Å²) in [5.41, 5.74) is 2.35. The molecule has 1 fully saturated rings. The van der Waals surface area contributed by atoms with E-state index < -0.39 is 25.2 Å². The maximum atomic E-state index is 14.3. The topological polar surface area (TPSA) is 77.3 Å². The predicted molar refractivity (Wildman–Crippen MR) is 149 cm³/mol. The average Bonchev–Trinajstić information content (AvgIpc) is 3.48. The molecule has 1 atom stereocenters. The number of likely N-dealkylation sites (tertiary alicyclic amines) is 1. The van der Waals surface area contributed by atoms with Crippen LogP contribution < -0.4 is 4.63 Å². The Hall–Kier alpha value is -3.11. The summed E-state index contributed by atoms with van der Waals surface area (Å²) in [6.07, 6.45) is 4.31. The highest BCUT2D eigenvalue weighted by molar-refractivity contribution is 7.24. The molecule has 5 rings (SSSR count). The fraction of sp³-hybridized carbons (Fsp3) is 0.429. The van der Waals surface area contributed by atoms with E-state index in [1.807, 2.05) is 32.2 Å². The first kappa shape index (κ1) is 26.5. The lowest BCUT2D eigenvalue weighted by atomic mass is 9.65. The number of amides is 1. The molecule has 3 aromatic rings. The third-order valence-electron chi connectivity index (χ3n) is 6.95. The SMILES string of the molecule is CC(C)(C)OC(=O)N1CCC2=Cc3c(cnn3-c3ccc(F)cc3)CC2(C(=O)c2csc([Si](C)(C)C)n2)C1. The quantitative estimate of drug-likeness (QED) is 0.317. The Kier molecular flexibility index (Phi) is 6.46. The monoisotopic (exact) mass is 552 g/mol. The van der Waals surface area contributed by atoms with Gasteiger partial charge < -0.3 is 9.64 Å². The Morgan fingerprint density at radius 2 is 1.87 bits per heavy atom. The van der Waals surface area contributed by atoms with Crippen molar-refractivity contribution in [1.29, 1.82) is 0 Å². The molecule has 10 heteroatoms. The zero-order valence-corrected chi connectivity index (χ0v) is 24.5. The molecule has 1 amide bonds. The number of fused-ring (bicyclic) bond motifs is 2. The number of thiazole rings is 1. The number of carbonyl (C=O) groups is 2. The number of piperidine rings is 1. The fourth-order valence-electron chi connectivity index (χ4n) is 5.09. The van der Waals surface area contributed by atoms with Crippen molar-refractivity contribution in [2.45, 2.75) is 58.9 Å². The van der Waals surface area contributed by atoms with Crippen LogP contribution in [0.25, 0.3) is 11.8 Å². The van der Waals surface area contributed by atoms with Gasteiger partial charge in [-0.15, -0.1) is 11.3 Å². The van der Waals surface area contributed by atoms with E-state index in [1.165, 1.54) is 12.1 Å². The lowest BCUT2D eigenvalue weighted by Gasteiger charge is -2.45. The molecule has 0 radical (unpaired) electrons. The zero-order chi connectivity index (χ0) is 27.5. The summed E-state index contributed by atoms with van der Waals surface area (Å²) in [7, 11) is -1.69. The van der Waals surface area contributed by atoms with Crippen molar-refractivity contribution in [3.05, 3.63) is 64.2 Å². The Bertz CT molecular complexity index is 1430. The number of hydrogen-bond acceptors (Lipinski definition) is 6. The third kappa shape index (κ3) is 4.87. The summed E-state index contributed by atoms with van der Waals surface area (Å²) in [5, 5.41) is 6.45.